The van der Waals surface area contributed by atoms with Crippen molar-refractivity contribution in [1.29, 1.82) is 0 Å². The van der Waals surface area contributed by atoms with Crippen LogP contribution in [0.3, 0.4) is 0 Å². The minimum atomic E-state index is -0.276. The minimum Gasteiger partial charge on any atom is -0.456 e. The Kier molecular flexibility index (Phi) is 4.52. The van der Waals surface area contributed by atoms with Crippen LogP contribution in [-0.4, -0.2) is 0 Å². The summed E-state index contributed by atoms with van der Waals surface area (Å²) in [6.45, 7) is 2.40. The van der Waals surface area contributed by atoms with Gasteiger partial charge in [-0.15, -0.1) is 0 Å². The summed E-state index contributed by atoms with van der Waals surface area (Å²) in [6, 6.07) is 50.8. The molecule has 192 valence electrons. The first-order valence-electron chi connectivity index (χ1n) is 14.3. The largest absolute Gasteiger partial charge is 0.456 e. The van der Waals surface area contributed by atoms with Crippen LogP contribution in [0.5, 0.6) is 11.5 Å². The zero-order valence-electron chi connectivity index (χ0n) is 22.7. The third-order valence-corrected chi connectivity index (χ3v) is 9.32. The van der Waals surface area contributed by atoms with Gasteiger partial charge in [-0.2, -0.15) is 0 Å². The van der Waals surface area contributed by atoms with Crippen molar-refractivity contribution in [2.75, 3.05) is 0 Å². The summed E-state index contributed by atoms with van der Waals surface area (Å²) in [7, 11) is 0. The maximum absolute atomic E-state index is 6.51. The standard InChI is InChI=1S/C40H26O/c1-40(29-12-3-2-4-13-29)35-23-27(18-20-31(35)34-22-17-25-9-5-6-14-30(25)39(34)40)28-19-21-32-33-15-7-10-26-11-8-16-36(38(26)33)41-37(32)24-28/h2-24H,1H3. The molecule has 1 aliphatic carbocycles. The maximum atomic E-state index is 6.51. The Bertz CT molecular complexity index is 2180. The third-order valence-electron chi connectivity index (χ3n) is 9.32. The Morgan fingerprint density at radius 1 is 0.488 bits per heavy atom. The fourth-order valence-electron chi connectivity index (χ4n) is 7.36. The molecule has 1 heteroatoms. The number of benzene rings is 7. The van der Waals surface area contributed by atoms with Gasteiger partial charge in [-0.1, -0.05) is 115 Å². The molecule has 41 heavy (non-hydrogen) atoms. The third kappa shape index (κ3) is 3.06. The second kappa shape index (κ2) is 8.19. The molecule has 0 N–H and O–H groups in total. The highest BCUT2D eigenvalue weighted by atomic mass is 16.5. The van der Waals surface area contributed by atoms with Crippen LogP contribution in [-0.2, 0) is 5.41 Å². The first kappa shape index (κ1) is 22.7. The van der Waals surface area contributed by atoms with Crippen LogP contribution >= 0.6 is 0 Å². The molecular formula is C40H26O. The Morgan fingerprint density at radius 3 is 2.07 bits per heavy atom. The second-order valence-electron chi connectivity index (χ2n) is 11.4. The van der Waals surface area contributed by atoms with E-state index in [1.165, 1.54) is 60.5 Å². The van der Waals surface area contributed by atoms with E-state index in [0.29, 0.717) is 0 Å². The van der Waals surface area contributed by atoms with Gasteiger partial charge in [-0.3, -0.25) is 0 Å². The van der Waals surface area contributed by atoms with Crippen molar-refractivity contribution in [3.63, 3.8) is 0 Å². The van der Waals surface area contributed by atoms with E-state index in [9.17, 15) is 0 Å². The molecule has 1 unspecified atom stereocenters. The molecule has 0 saturated heterocycles. The predicted molar refractivity (Wildman–Crippen MR) is 170 cm³/mol. The summed E-state index contributed by atoms with van der Waals surface area (Å²) in [6.07, 6.45) is 0. The van der Waals surface area contributed by atoms with E-state index in [1.807, 2.05) is 0 Å². The molecule has 1 nitrogen and oxygen atoms in total. The van der Waals surface area contributed by atoms with Gasteiger partial charge in [0.1, 0.15) is 11.5 Å². The van der Waals surface area contributed by atoms with E-state index in [4.69, 9.17) is 4.74 Å². The van der Waals surface area contributed by atoms with E-state index >= 15 is 0 Å². The highest BCUT2D eigenvalue weighted by Crippen LogP contribution is 2.55. The smallest absolute Gasteiger partial charge is 0.135 e. The van der Waals surface area contributed by atoms with Crippen LogP contribution < -0.4 is 4.74 Å². The average molecular weight is 523 g/mol. The summed E-state index contributed by atoms with van der Waals surface area (Å²) >= 11 is 0. The highest BCUT2D eigenvalue weighted by Gasteiger charge is 2.42. The second-order valence-corrected chi connectivity index (χ2v) is 11.4. The van der Waals surface area contributed by atoms with Crippen molar-refractivity contribution in [3.05, 3.63) is 156 Å². The molecule has 1 atom stereocenters. The van der Waals surface area contributed by atoms with Gasteiger partial charge in [0, 0.05) is 16.4 Å². The van der Waals surface area contributed by atoms with Gasteiger partial charge in [-0.05, 0) is 91.9 Å². The Hall–Kier alpha value is -5.14. The van der Waals surface area contributed by atoms with Crippen LogP contribution in [0.2, 0.25) is 0 Å². The molecule has 1 heterocycles. The molecule has 0 aromatic heterocycles. The van der Waals surface area contributed by atoms with E-state index < -0.39 is 0 Å². The van der Waals surface area contributed by atoms with E-state index in [1.54, 1.807) is 0 Å². The lowest BCUT2D eigenvalue weighted by Gasteiger charge is -2.30. The monoisotopic (exact) mass is 522 g/mol. The van der Waals surface area contributed by atoms with Gasteiger partial charge in [0.05, 0.1) is 0 Å². The molecule has 0 saturated carbocycles. The zero-order chi connectivity index (χ0) is 27.1. The van der Waals surface area contributed by atoms with E-state index in [0.717, 1.165) is 22.6 Å². The molecule has 9 rings (SSSR count). The van der Waals surface area contributed by atoms with Crippen LogP contribution in [0.1, 0.15) is 23.6 Å². The van der Waals surface area contributed by atoms with E-state index in [2.05, 4.69) is 146 Å². The molecule has 7 aromatic carbocycles. The van der Waals surface area contributed by atoms with Crippen LogP contribution in [0, 0.1) is 0 Å². The fraction of sp³-hybridized carbons (Fsp3) is 0.0500. The Labute approximate surface area is 239 Å². The molecule has 0 amide bonds. The van der Waals surface area contributed by atoms with Gasteiger partial charge >= 0.3 is 0 Å². The van der Waals surface area contributed by atoms with Gasteiger partial charge in [0.25, 0.3) is 0 Å². The lowest BCUT2D eigenvalue weighted by Crippen LogP contribution is -2.22. The molecule has 0 fully saturated rings. The number of rotatable bonds is 2. The van der Waals surface area contributed by atoms with Gasteiger partial charge in [0.2, 0.25) is 0 Å². The number of ether oxygens (including phenoxy) is 1. The molecule has 0 bridgehead atoms. The van der Waals surface area contributed by atoms with Crippen molar-refractivity contribution < 1.29 is 4.74 Å². The average Bonchev–Trinajstić information content (AvgIpc) is 3.30. The summed E-state index contributed by atoms with van der Waals surface area (Å²) in [5.41, 5.74) is 11.2. The van der Waals surface area contributed by atoms with Crippen LogP contribution in [0.25, 0.3) is 54.9 Å². The van der Waals surface area contributed by atoms with Gasteiger partial charge in [0.15, 0.2) is 0 Å². The summed E-state index contributed by atoms with van der Waals surface area (Å²) in [4.78, 5) is 0. The highest BCUT2D eigenvalue weighted by molar-refractivity contribution is 6.04. The maximum Gasteiger partial charge on any atom is 0.135 e. The lowest BCUT2D eigenvalue weighted by atomic mass is 9.72. The first-order valence-corrected chi connectivity index (χ1v) is 14.3. The first-order chi connectivity index (χ1) is 20.2. The minimum absolute atomic E-state index is 0.276. The van der Waals surface area contributed by atoms with Crippen molar-refractivity contribution in [3.8, 4) is 44.9 Å². The predicted octanol–water partition coefficient (Wildman–Crippen LogP) is 10.8. The van der Waals surface area contributed by atoms with Crippen molar-refractivity contribution in [1.82, 2.24) is 0 Å². The lowest BCUT2D eigenvalue weighted by molar-refractivity contribution is 0.487. The molecule has 0 spiro atoms. The van der Waals surface area contributed by atoms with Crippen LogP contribution in [0.15, 0.2) is 140 Å². The molecular weight excluding hydrogens is 496 g/mol. The number of fused-ring (bicyclic) bond motifs is 7. The fourth-order valence-corrected chi connectivity index (χ4v) is 7.36. The molecule has 7 aromatic rings. The number of hydrogen-bond donors (Lipinski definition) is 0. The van der Waals surface area contributed by atoms with Crippen molar-refractivity contribution in [2.45, 2.75) is 12.3 Å². The van der Waals surface area contributed by atoms with Gasteiger partial charge in [-0.25, -0.2) is 0 Å². The summed E-state index contributed by atoms with van der Waals surface area (Å²) in [5.74, 6) is 1.84. The Balaban J connectivity index is 1.24. The van der Waals surface area contributed by atoms with Gasteiger partial charge < -0.3 is 4.74 Å². The summed E-state index contributed by atoms with van der Waals surface area (Å²) in [5, 5.41) is 5.00. The van der Waals surface area contributed by atoms with Crippen molar-refractivity contribution in [2.24, 2.45) is 0 Å². The van der Waals surface area contributed by atoms with Crippen LogP contribution in [0.4, 0.5) is 0 Å². The normalized spacial score (nSPS) is 16.2. The molecule has 2 aliphatic rings. The number of hydrogen-bond acceptors (Lipinski definition) is 1. The summed E-state index contributed by atoms with van der Waals surface area (Å²) < 4.78 is 6.51. The SMILES string of the molecule is CC1(c2ccccc2)c2cc(-c3ccc4c(c3)Oc3cccc5cccc-4c35)ccc2-c2ccc3ccccc3c21. The van der Waals surface area contributed by atoms with Crippen molar-refractivity contribution >= 4 is 21.5 Å². The molecule has 0 radical (unpaired) electrons. The topological polar surface area (TPSA) is 9.23 Å². The molecule has 1 aliphatic heterocycles. The zero-order valence-corrected chi connectivity index (χ0v) is 22.7. The quantitative estimate of drug-likeness (QED) is 0.219. The van der Waals surface area contributed by atoms with E-state index in [-0.39, 0.29) is 5.41 Å². The Morgan fingerprint density at radius 2 is 1.20 bits per heavy atom.